The summed E-state index contributed by atoms with van der Waals surface area (Å²) in [7, 11) is 1.30. The van der Waals surface area contributed by atoms with E-state index in [1.807, 2.05) is 0 Å². The van der Waals surface area contributed by atoms with Gasteiger partial charge in [0, 0.05) is 7.05 Å². The number of ketones is 1. The molecule has 0 aliphatic heterocycles. The molecule has 0 bridgehead atoms. The molecular formula is C7H7F3N2O. The smallest absolute Gasteiger partial charge is 0.282 e. The molecule has 0 radical (unpaired) electrons. The fraction of sp³-hybridized carbons (Fsp3) is 0.429. The number of rotatable bonds is 1. The number of Topliss-reactive ketones (excluding diaryl/α,β-unsaturated/α-hetero) is 1. The summed E-state index contributed by atoms with van der Waals surface area (Å²) in [5.74, 6) is -1.86. The molecule has 0 aliphatic rings. The van der Waals surface area contributed by atoms with Gasteiger partial charge < -0.3 is 0 Å². The molecule has 0 amide bonds. The zero-order chi connectivity index (χ0) is 10.2. The number of alkyl halides is 3. The number of hydrogen-bond acceptors (Lipinski definition) is 2. The van der Waals surface area contributed by atoms with E-state index in [-0.39, 0.29) is 5.56 Å². The average Bonchev–Trinajstić information content (AvgIpc) is 2.28. The number of halogens is 3. The Balaban J connectivity index is 3.16. The van der Waals surface area contributed by atoms with E-state index in [9.17, 15) is 18.0 Å². The molecule has 0 N–H and O–H groups in total. The van der Waals surface area contributed by atoms with Gasteiger partial charge in [-0.2, -0.15) is 18.3 Å². The van der Waals surface area contributed by atoms with Gasteiger partial charge in [0.1, 0.15) is 5.69 Å². The Morgan fingerprint density at radius 2 is 2.08 bits per heavy atom. The highest BCUT2D eigenvalue weighted by Gasteiger charge is 2.41. The van der Waals surface area contributed by atoms with Gasteiger partial charge in [0.05, 0.1) is 6.20 Å². The lowest BCUT2D eigenvalue weighted by molar-refractivity contribution is -0.0891. The standard InChI is InChI=1S/C7H7F3N2O/c1-4-3-11-12(2)5(4)6(13)7(8,9)10/h3H,1-2H3. The number of hydrogen-bond donors (Lipinski definition) is 0. The van der Waals surface area contributed by atoms with Gasteiger partial charge >= 0.3 is 6.18 Å². The van der Waals surface area contributed by atoms with Gasteiger partial charge in [0.15, 0.2) is 0 Å². The molecule has 0 aliphatic carbocycles. The van der Waals surface area contributed by atoms with Crippen molar-refractivity contribution in [3.63, 3.8) is 0 Å². The normalized spacial score (nSPS) is 11.8. The average molecular weight is 192 g/mol. The number of aromatic nitrogens is 2. The van der Waals surface area contributed by atoms with Gasteiger partial charge in [0.25, 0.3) is 5.78 Å². The van der Waals surface area contributed by atoms with Gasteiger partial charge in [0.2, 0.25) is 0 Å². The maximum absolute atomic E-state index is 12.0. The highest BCUT2D eigenvalue weighted by molar-refractivity contribution is 5.99. The molecule has 0 aromatic carbocycles. The Kier molecular flexibility index (Phi) is 2.15. The molecule has 72 valence electrons. The van der Waals surface area contributed by atoms with Crippen molar-refractivity contribution in [1.82, 2.24) is 9.78 Å². The predicted octanol–water partition coefficient (Wildman–Crippen LogP) is 1.47. The summed E-state index contributed by atoms with van der Waals surface area (Å²) in [6.45, 7) is 1.41. The first-order chi connectivity index (χ1) is 5.84. The number of carbonyl (C=O) groups is 1. The van der Waals surface area contributed by atoms with Crippen molar-refractivity contribution in [1.29, 1.82) is 0 Å². The van der Waals surface area contributed by atoms with E-state index in [2.05, 4.69) is 5.10 Å². The SMILES string of the molecule is Cc1cnn(C)c1C(=O)C(F)(F)F. The lowest BCUT2D eigenvalue weighted by atomic mass is 10.2. The Morgan fingerprint density at radius 3 is 2.38 bits per heavy atom. The highest BCUT2D eigenvalue weighted by atomic mass is 19.4. The zero-order valence-electron chi connectivity index (χ0n) is 7.01. The van der Waals surface area contributed by atoms with E-state index in [4.69, 9.17) is 0 Å². The Bertz CT molecular complexity index is 320. The summed E-state index contributed by atoms with van der Waals surface area (Å²) in [5, 5.41) is 3.55. The van der Waals surface area contributed by atoms with Gasteiger partial charge in [-0.05, 0) is 12.5 Å². The molecular weight excluding hydrogens is 185 g/mol. The minimum absolute atomic E-state index is 0.227. The van der Waals surface area contributed by atoms with Crippen molar-refractivity contribution < 1.29 is 18.0 Å². The van der Waals surface area contributed by atoms with Crippen LogP contribution in [-0.2, 0) is 7.05 Å². The van der Waals surface area contributed by atoms with Crippen molar-refractivity contribution >= 4 is 5.78 Å². The van der Waals surface area contributed by atoms with Gasteiger partial charge in [-0.25, -0.2) is 0 Å². The monoisotopic (exact) mass is 192 g/mol. The molecule has 0 unspecified atom stereocenters. The molecule has 0 saturated heterocycles. The van der Waals surface area contributed by atoms with Crippen LogP contribution in [0.5, 0.6) is 0 Å². The van der Waals surface area contributed by atoms with E-state index in [1.54, 1.807) is 0 Å². The topological polar surface area (TPSA) is 34.9 Å². The van der Waals surface area contributed by atoms with Crippen LogP contribution in [0.25, 0.3) is 0 Å². The van der Waals surface area contributed by atoms with Crippen molar-refractivity contribution in [2.45, 2.75) is 13.1 Å². The number of nitrogens with zero attached hydrogens (tertiary/aromatic N) is 2. The summed E-state index contributed by atoms with van der Waals surface area (Å²) in [6.07, 6.45) is -3.61. The summed E-state index contributed by atoms with van der Waals surface area (Å²) in [4.78, 5) is 10.8. The Labute approximate surface area is 72.2 Å². The van der Waals surface area contributed by atoms with Crippen molar-refractivity contribution in [3.05, 3.63) is 17.5 Å². The van der Waals surface area contributed by atoms with E-state index < -0.39 is 17.7 Å². The van der Waals surface area contributed by atoms with Crippen molar-refractivity contribution in [2.24, 2.45) is 7.05 Å². The second-order valence-corrected chi connectivity index (χ2v) is 2.63. The molecule has 1 aromatic heterocycles. The molecule has 1 rings (SSSR count). The molecule has 6 heteroatoms. The van der Waals surface area contributed by atoms with Crippen LogP contribution in [0.4, 0.5) is 13.2 Å². The molecule has 13 heavy (non-hydrogen) atoms. The lowest BCUT2D eigenvalue weighted by Crippen LogP contribution is -2.25. The number of carbonyl (C=O) groups excluding carboxylic acids is 1. The van der Waals surface area contributed by atoms with Crippen LogP contribution in [0, 0.1) is 6.92 Å². The number of aryl methyl sites for hydroxylation is 2. The second-order valence-electron chi connectivity index (χ2n) is 2.63. The van der Waals surface area contributed by atoms with Gasteiger partial charge in [-0.1, -0.05) is 0 Å². The van der Waals surface area contributed by atoms with E-state index in [1.165, 1.54) is 20.2 Å². The van der Waals surface area contributed by atoms with E-state index in [0.29, 0.717) is 0 Å². The third kappa shape index (κ3) is 1.71. The van der Waals surface area contributed by atoms with Crippen LogP contribution in [-0.4, -0.2) is 21.7 Å². The van der Waals surface area contributed by atoms with Crippen molar-refractivity contribution in [2.75, 3.05) is 0 Å². The maximum atomic E-state index is 12.0. The van der Waals surface area contributed by atoms with Crippen LogP contribution in [0.1, 0.15) is 16.1 Å². The fourth-order valence-corrected chi connectivity index (χ4v) is 1.01. The second kappa shape index (κ2) is 2.86. The molecule has 1 heterocycles. The van der Waals surface area contributed by atoms with E-state index >= 15 is 0 Å². The largest absolute Gasteiger partial charge is 0.456 e. The third-order valence-electron chi connectivity index (χ3n) is 1.59. The first-order valence-corrected chi connectivity index (χ1v) is 3.44. The zero-order valence-corrected chi connectivity index (χ0v) is 7.01. The van der Waals surface area contributed by atoms with Crippen LogP contribution in [0.2, 0.25) is 0 Å². The summed E-state index contributed by atoms with van der Waals surface area (Å²) < 4.78 is 36.9. The fourth-order valence-electron chi connectivity index (χ4n) is 1.01. The molecule has 0 spiro atoms. The molecule has 1 aromatic rings. The van der Waals surface area contributed by atoms with Gasteiger partial charge in [-0.15, -0.1) is 0 Å². The van der Waals surface area contributed by atoms with Gasteiger partial charge in [-0.3, -0.25) is 9.48 Å². The minimum Gasteiger partial charge on any atom is -0.282 e. The molecule has 0 fully saturated rings. The summed E-state index contributed by atoms with van der Waals surface area (Å²) in [5.41, 5.74) is -0.183. The quantitative estimate of drug-likeness (QED) is 0.631. The Morgan fingerprint density at radius 1 is 1.54 bits per heavy atom. The third-order valence-corrected chi connectivity index (χ3v) is 1.59. The Hall–Kier alpha value is -1.33. The molecule has 3 nitrogen and oxygen atoms in total. The van der Waals surface area contributed by atoms with Crippen LogP contribution in [0.15, 0.2) is 6.20 Å². The van der Waals surface area contributed by atoms with Crippen molar-refractivity contribution in [3.8, 4) is 0 Å². The predicted molar refractivity (Wildman–Crippen MR) is 38.3 cm³/mol. The van der Waals surface area contributed by atoms with Crippen LogP contribution < -0.4 is 0 Å². The first kappa shape index (κ1) is 9.76. The highest BCUT2D eigenvalue weighted by Crippen LogP contribution is 2.22. The summed E-state index contributed by atoms with van der Waals surface area (Å²) >= 11 is 0. The lowest BCUT2D eigenvalue weighted by Gasteiger charge is -2.05. The summed E-state index contributed by atoms with van der Waals surface area (Å²) in [6, 6.07) is 0. The van der Waals surface area contributed by atoms with Crippen LogP contribution >= 0.6 is 0 Å². The first-order valence-electron chi connectivity index (χ1n) is 3.44. The van der Waals surface area contributed by atoms with Crippen LogP contribution in [0.3, 0.4) is 0 Å². The maximum Gasteiger partial charge on any atom is 0.456 e. The molecule has 0 saturated carbocycles. The minimum atomic E-state index is -4.83. The van der Waals surface area contributed by atoms with E-state index in [0.717, 1.165) is 4.68 Å². The molecule has 0 atom stereocenters.